The van der Waals surface area contributed by atoms with Gasteiger partial charge in [0.25, 0.3) is 15.9 Å². The lowest BCUT2D eigenvalue weighted by molar-refractivity contribution is -0.116. The van der Waals surface area contributed by atoms with Crippen molar-refractivity contribution in [2.45, 2.75) is 90.5 Å². The number of benzene rings is 2. The van der Waals surface area contributed by atoms with E-state index in [4.69, 9.17) is 4.74 Å². The molecule has 0 spiro atoms. The number of carbonyl (C=O) groups is 2. The molecule has 8 nitrogen and oxygen atoms in total. The van der Waals surface area contributed by atoms with E-state index in [0.29, 0.717) is 19.0 Å². The first kappa shape index (κ1) is 32.6. The first-order chi connectivity index (χ1) is 19.2. The molecule has 2 aromatic rings. The summed E-state index contributed by atoms with van der Waals surface area (Å²) in [6, 6.07) is 10.1. The number of anilines is 1. The number of hydrogen-bond donors (Lipinski definition) is 1. The molecular formula is C32H47N3O5S. The second-order valence-corrected chi connectivity index (χ2v) is 14.1. The first-order valence-corrected chi connectivity index (χ1v) is 16.1. The van der Waals surface area contributed by atoms with E-state index >= 15 is 0 Å². The molecule has 1 N–H and O–H groups in total. The third-order valence-corrected chi connectivity index (χ3v) is 8.78. The molecule has 0 fully saturated rings. The van der Waals surface area contributed by atoms with Crippen LogP contribution in [0.5, 0.6) is 5.75 Å². The summed E-state index contributed by atoms with van der Waals surface area (Å²) in [5, 5.41) is 0. The normalized spacial score (nSPS) is 16.0. The zero-order valence-electron chi connectivity index (χ0n) is 25.7. The van der Waals surface area contributed by atoms with Crippen LogP contribution in [-0.2, 0) is 26.8 Å². The Morgan fingerprint density at radius 3 is 2.24 bits per heavy atom. The van der Waals surface area contributed by atoms with Crippen LogP contribution in [0.15, 0.2) is 41.3 Å². The standard InChI is InChI=1S/C32H47N3O5S/c1-23(2)21-34-17-11-9-8-10-12-18-35(24(3)36)28-15-13-25(19-26(28)22-34)31(37)33-41(38,39)30-20-27(32(4,5)6)14-16-29(30)40-7/h13-16,19-20,23H,8-12,17-18,21-22H2,1-7H3,(H,33,37). The molecule has 0 aliphatic carbocycles. The number of sulfonamides is 1. The lowest BCUT2D eigenvalue weighted by Gasteiger charge is -2.30. The van der Waals surface area contributed by atoms with Crippen molar-refractivity contribution >= 4 is 27.5 Å². The number of methoxy groups -OCH3 is 1. The van der Waals surface area contributed by atoms with Crippen molar-refractivity contribution in [2.75, 3.05) is 31.6 Å². The number of nitrogens with zero attached hydrogens (tertiary/aromatic N) is 2. The average molecular weight is 586 g/mol. The van der Waals surface area contributed by atoms with Gasteiger partial charge in [-0.25, -0.2) is 13.1 Å². The van der Waals surface area contributed by atoms with Crippen LogP contribution in [0.2, 0.25) is 0 Å². The minimum absolute atomic E-state index is 0.0516. The Kier molecular flexibility index (Phi) is 11.0. The highest BCUT2D eigenvalue weighted by atomic mass is 32.2. The van der Waals surface area contributed by atoms with Crippen LogP contribution in [-0.4, -0.2) is 51.9 Å². The summed E-state index contributed by atoms with van der Waals surface area (Å²) in [6.07, 6.45) is 5.34. The van der Waals surface area contributed by atoms with Gasteiger partial charge in [-0.05, 0) is 72.2 Å². The topological polar surface area (TPSA) is 96.0 Å². The molecule has 3 rings (SSSR count). The van der Waals surface area contributed by atoms with Crippen LogP contribution in [0.1, 0.15) is 95.1 Å². The van der Waals surface area contributed by atoms with Crippen LogP contribution < -0.4 is 14.4 Å². The molecule has 41 heavy (non-hydrogen) atoms. The van der Waals surface area contributed by atoms with E-state index < -0.39 is 15.9 Å². The van der Waals surface area contributed by atoms with E-state index in [0.717, 1.165) is 62.0 Å². The largest absolute Gasteiger partial charge is 0.495 e. The highest BCUT2D eigenvalue weighted by Crippen LogP contribution is 2.31. The first-order valence-electron chi connectivity index (χ1n) is 14.6. The number of hydrogen-bond acceptors (Lipinski definition) is 6. The van der Waals surface area contributed by atoms with E-state index in [1.807, 2.05) is 26.8 Å². The van der Waals surface area contributed by atoms with Crippen molar-refractivity contribution in [1.29, 1.82) is 0 Å². The Morgan fingerprint density at radius 2 is 1.63 bits per heavy atom. The fourth-order valence-electron chi connectivity index (χ4n) is 5.28. The van der Waals surface area contributed by atoms with Crippen molar-refractivity contribution in [2.24, 2.45) is 5.92 Å². The highest BCUT2D eigenvalue weighted by Gasteiger charge is 2.27. The predicted octanol–water partition coefficient (Wildman–Crippen LogP) is 5.89. The maximum Gasteiger partial charge on any atom is 0.268 e. The van der Waals surface area contributed by atoms with E-state index in [1.54, 1.807) is 42.2 Å². The fourth-order valence-corrected chi connectivity index (χ4v) is 6.45. The number of nitrogens with one attached hydrogen (secondary N) is 1. The van der Waals surface area contributed by atoms with Crippen LogP contribution in [0, 0.1) is 5.92 Å². The van der Waals surface area contributed by atoms with Gasteiger partial charge in [0.2, 0.25) is 5.91 Å². The maximum atomic E-state index is 13.5. The number of ether oxygens (including phenoxy) is 1. The molecule has 1 aliphatic rings. The number of amides is 2. The van der Waals surface area contributed by atoms with E-state index in [1.165, 1.54) is 7.11 Å². The van der Waals surface area contributed by atoms with Gasteiger partial charge < -0.3 is 9.64 Å². The smallest absolute Gasteiger partial charge is 0.268 e. The van der Waals surface area contributed by atoms with Crippen LogP contribution in [0.4, 0.5) is 5.69 Å². The van der Waals surface area contributed by atoms with Crippen molar-refractivity contribution in [3.8, 4) is 5.75 Å². The molecule has 0 bridgehead atoms. The zero-order chi connectivity index (χ0) is 30.4. The second-order valence-electron chi connectivity index (χ2n) is 12.5. The summed E-state index contributed by atoms with van der Waals surface area (Å²) in [5.74, 6) is -0.167. The summed E-state index contributed by atoms with van der Waals surface area (Å²) < 4.78 is 34.5. The Labute approximate surface area is 246 Å². The van der Waals surface area contributed by atoms with Gasteiger partial charge in [0, 0.05) is 37.8 Å². The summed E-state index contributed by atoms with van der Waals surface area (Å²) in [6.45, 7) is 14.9. The zero-order valence-corrected chi connectivity index (χ0v) is 26.6. The molecule has 226 valence electrons. The molecule has 1 aliphatic heterocycles. The van der Waals surface area contributed by atoms with Gasteiger partial charge in [-0.2, -0.15) is 0 Å². The quantitative estimate of drug-likeness (QED) is 0.455. The molecule has 2 amide bonds. The lowest BCUT2D eigenvalue weighted by atomic mass is 9.87. The minimum atomic E-state index is -4.24. The van der Waals surface area contributed by atoms with Gasteiger partial charge >= 0.3 is 0 Å². The number of rotatable bonds is 6. The van der Waals surface area contributed by atoms with Crippen molar-refractivity contribution in [3.63, 3.8) is 0 Å². The third-order valence-electron chi connectivity index (χ3n) is 7.43. The van der Waals surface area contributed by atoms with E-state index in [9.17, 15) is 18.0 Å². The minimum Gasteiger partial charge on any atom is -0.495 e. The van der Waals surface area contributed by atoms with Gasteiger partial charge in [0.15, 0.2) is 0 Å². The van der Waals surface area contributed by atoms with Gasteiger partial charge in [0.05, 0.1) is 7.11 Å². The Hall–Kier alpha value is -2.91. The third kappa shape index (κ3) is 8.79. The van der Waals surface area contributed by atoms with E-state index in [2.05, 4.69) is 23.5 Å². The number of fused-ring (bicyclic) bond motifs is 1. The van der Waals surface area contributed by atoms with Gasteiger partial charge in [0.1, 0.15) is 10.6 Å². The average Bonchev–Trinajstić information content (AvgIpc) is 2.88. The summed E-state index contributed by atoms with van der Waals surface area (Å²) >= 11 is 0. The summed E-state index contributed by atoms with van der Waals surface area (Å²) in [5.41, 5.74) is 2.33. The lowest BCUT2D eigenvalue weighted by Crippen LogP contribution is -2.34. The van der Waals surface area contributed by atoms with Crippen molar-refractivity contribution in [3.05, 3.63) is 53.1 Å². The van der Waals surface area contributed by atoms with Crippen LogP contribution >= 0.6 is 0 Å². The molecule has 0 aromatic heterocycles. The van der Waals surface area contributed by atoms with Crippen LogP contribution in [0.25, 0.3) is 0 Å². The molecule has 0 saturated heterocycles. The molecule has 0 unspecified atom stereocenters. The molecule has 0 saturated carbocycles. The molecule has 2 aromatic carbocycles. The Morgan fingerprint density at radius 1 is 0.976 bits per heavy atom. The van der Waals surface area contributed by atoms with Crippen molar-refractivity contribution in [1.82, 2.24) is 9.62 Å². The maximum absolute atomic E-state index is 13.5. The van der Waals surface area contributed by atoms with Crippen LogP contribution in [0.3, 0.4) is 0 Å². The molecule has 1 heterocycles. The monoisotopic (exact) mass is 585 g/mol. The molecule has 0 radical (unpaired) electrons. The highest BCUT2D eigenvalue weighted by molar-refractivity contribution is 7.90. The fraction of sp³-hybridized carbons (Fsp3) is 0.562. The van der Waals surface area contributed by atoms with Gasteiger partial charge in [-0.1, -0.05) is 59.9 Å². The Balaban J connectivity index is 2.01. The van der Waals surface area contributed by atoms with Gasteiger partial charge in [-0.15, -0.1) is 0 Å². The second kappa shape index (κ2) is 13.8. The molecule has 9 heteroatoms. The van der Waals surface area contributed by atoms with E-state index in [-0.39, 0.29) is 27.5 Å². The predicted molar refractivity (Wildman–Crippen MR) is 164 cm³/mol. The van der Waals surface area contributed by atoms with Crippen molar-refractivity contribution < 1.29 is 22.7 Å². The Bertz CT molecular complexity index is 1330. The van der Waals surface area contributed by atoms with Gasteiger partial charge in [-0.3, -0.25) is 14.5 Å². The summed E-state index contributed by atoms with van der Waals surface area (Å²) in [4.78, 5) is 30.2. The number of carbonyl (C=O) groups excluding carboxylic acids is 2. The SMILES string of the molecule is COc1ccc(C(C)(C)C)cc1S(=O)(=O)NC(=O)c1ccc2c(c1)CN(CC(C)C)CCCCCCCN2C(C)=O. The molecular weight excluding hydrogens is 538 g/mol. The summed E-state index contributed by atoms with van der Waals surface area (Å²) in [7, 11) is -2.83. The molecule has 0 atom stereocenters.